The van der Waals surface area contributed by atoms with Gasteiger partial charge in [0.05, 0.1) is 23.3 Å². The smallest absolute Gasteiger partial charge is 0.261 e. The van der Waals surface area contributed by atoms with Gasteiger partial charge in [-0.3, -0.25) is 19.0 Å². The Morgan fingerprint density at radius 3 is 2.00 bits per heavy atom. The van der Waals surface area contributed by atoms with Gasteiger partial charge in [0.2, 0.25) is 11.3 Å². The lowest BCUT2D eigenvalue weighted by atomic mass is 10.1. The molecule has 0 spiro atoms. The van der Waals surface area contributed by atoms with Crippen molar-refractivity contribution < 1.29 is 23.5 Å². The molecule has 0 saturated carbocycles. The molecule has 1 unspecified atom stereocenters. The lowest BCUT2D eigenvalue weighted by Crippen LogP contribution is -2.50. The van der Waals surface area contributed by atoms with Crippen molar-refractivity contribution in [3.63, 3.8) is 0 Å². The topological polar surface area (TPSA) is 98.2 Å². The molecule has 7 nitrogen and oxygen atoms in total. The van der Waals surface area contributed by atoms with E-state index in [0.717, 1.165) is 4.90 Å². The van der Waals surface area contributed by atoms with E-state index in [4.69, 9.17) is 0 Å². The van der Waals surface area contributed by atoms with Gasteiger partial charge in [-0.05, 0) is 32.9 Å². The predicted molar refractivity (Wildman–Crippen MR) is 85.0 cm³/mol. The Kier molecular flexibility index (Phi) is 5.30. The van der Waals surface area contributed by atoms with Crippen LogP contribution in [0.1, 0.15) is 41.5 Å². The van der Waals surface area contributed by atoms with Crippen molar-refractivity contribution in [2.45, 2.75) is 39.0 Å². The number of carbonyl (C=O) groups excluding carboxylic acids is 2. The molecule has 3 atom stereocenters. The molecule has 8 heteroatoms. The summed E-state index contributed by atoms with van der Waals surface area (Å²) >= 11 is -2.24. The molecular formula is C15H20N2O5S. The zero-order valence-electron chi connectivity index (χ0n) is 13.2. The van der Waals surface area contributed by atoms with Crippen LogP contribution in [0.3, 0.4) is 0 Å². The molecule has 0 radical (unpaired) electrons. The molecular weight excluding hydrogens is 320 g/mol. The minimum Gasteiger partial charge on any atom is -0.390 e. The van der Waals surface area contributed by atoms with Gasteiger partial charge in [0.1, 0.15) is 0 Å². The van der Waals surface area contributed by atoms with Crippen LogP contribution in [0.25, 0.3) is 0 Å². The number of imide groups is 1. The molecule has 1 heterocycles. The molecule has 1 aromatic carbocycles. The van der Waals surface area contributed by atoms with Gasteiger partial charge >= 0.3 is 0 Å². The average Bonchev–Trinajstić information content (AvgIpc) is 2.75. The number of hydrogen-bond donors (Lipinski definition) is 2. The summed E-state index contributed by atoms with van der Waals surface area (Å²) in [5.74, 6) is -0.920. The number of amides is 2. The highest BCUT2D eigenvalue weighted by Gasteiger charge is 2.41. The molecule has 1 aliphatic heterocycles. The Hall–Kier alpha value is -1.61. The summed E-state index contributed by atoms with van der Waals surface area (Å²) in [5, 5.41) is 10.3. The van der Waals surface area contributed by atoms with Crippen LogP contribution in [0.15, 0.2) is 24.3 Å². The third-order valence-electron chi connectivity index (χ3n) is 3.93. The summed E-state index contributed by atoms with van der Waals surface area (Å²) in [6.07, 6.45) is -1.14. The number of carbonyl (C=O) groups is 2. The maximum Gasteiger partial charge on any atom is 0.261 e. The van der Waals surface area contributed by atoms with E-state index in [9.17, 15) is 23.5 Å². The average molecular weight is 340 g/mol. The van der Waals surface area contributed by atoms with Crippen molar-refractivity contribution in [2.75, 3.05) is 6.54 Å². The van der Waals surface area contributed by atoms with Crippen molar-refractivity contribution >= 4 is 23.1 Å². The molecule has 1 aromatic rings. The number of aliphatic hydroxyl groups is 1. The summed E-state index contributed by atoms with van der Waals surface area (Å²) < 4.78 is 21.7. The molecule has 2 amide bonds. The van der Waals surface area contributed by atoms with Crippen LogP contribution < -0.4 is 0 Å². The van der Waals surface area contributed by atoms with Crippen LogP contribution in [0, 0.1) is 0 Å². The molecule has 1 aliphatic rings. The lowest BCUT2D eigenvalue weighted by Gasteiger charge is -2.31. The number of rotatable bonds is 6. The van der Waals surface area contributed by atoms with Crippen LogP contribution in [0.5, 0.6) is 0 Å². The van der Waals surface area contributed by atoms with E-state index in [0.29, 0.717) is 11.1 Å². The number of aliphatic hydroxyl groups excluding tert-OH is 1. The predicted octanol–water partition coefficient (Wildman–Crippen LogP) is 0.879. The third kappa shape index (κ3) is 3.35. The van der Waals surface area contributed by atoms with Gasteiger partial charge in [0.15, 0.2) is 0 Å². The Morgan fingerprint density at radius 2 is 1.61 bits per heavy atom. The first-order chi connectivity index (χ1) is 10.8. The number of nitrogens with zero attached hydrogens (tertiary/aromatic N) is 2. The highest BCUT2D eigenvalue weighted by Crippen LogP contribution is 2.25. The molecule has 0 saturated heterocycles. The fourth-order valence-electron chi connectivity index (χ4n) is 2.54. The largest absolute Gasteiger partial charge is 0.390 e. The summed E-state index contributed by atoms with van der Waals surface area (Å²) in [6, 6.07) is 5.39. The van der Waals surface area contributed by atoms with Gasteiger partial charge in [0, 0.05) is 12.6 Å². The zero-order valence-corrected chi connectivity index (χ0v) is 14.0. The van der Waals surface area contributed by atoms with Crippen molar-refractivity contribution in [3.8, 4) is 0 Å². The van der Waals surface area contributed by atoms with E-state index in [-0.39, 0.29) is 12.6 Å². The van der Waals surface area contributed by atoms with Gasteiger partial charge in [-0.15, -0.1) is 0 Å². The molecule has 0 bridgehead atoms. The first-order valence-corrected chi connectivity index (χ1v) is 8.34. The number of fused-ring (bicyclic) bond motifs is 1. The van der Waals surface area contributed by atoms with Crippen LogP contribution >= 0.6 is 0 Å². The highest BCUT2D eigenvalue weighted by atomic mass is 32.2. The van der Waals surface area contributed by atoms with E-state index in [2.05, 4.69) is 0 Å². The monoisotopic (exact) mass is 340 g/mol. The molecule has 0 aromatic heterocycles. The van der Waals surface area contributed by atoms with Crippen molar-refractivity contribution in [2.24, 2.45) is 0 Å². The lowest BCUT2D eigenvalue weighted by molar-refractivity contribution is 0.0321. The highest BCUT2D eigenvalue weighted by molar-refractivity contribution is 7.76. The Morgan fingerprint density at radius 1 is 1.13 bits per heavy atom. The summed E-state index contributed by atoms with van der Waals surface area (Å²) in [4.78, 5) is 25.8. The second-order valence-electron chi connectivity index (χ2n) is 5.76. The molecule has 23 heavy (non-hydrogen) atoms. The van der Waals surface area contributed by atoms with Gasteiger partial charge < -0.3 is 5.11 Å². The fraction of sp³-hybridized carbons (Fsp3) is 0.467. The van der Waals surface area contributed by atoms with Gasteiger partial charge in [-0.1, -0.05) is 12.1 Å². The van der Waals surface area contributed by atoms with Crippen LogP contribution in [0.4, 0.5) is 0 Å². The number of hydrogen-bond acceptors (Lipinski definition) is 4. The Balaban J connectivity index is 2.18. The second-order valence-corrected chi connectivity index (χ2v) is 6.69. The van der Waals surface area contributed by atoms with Crippen LogP contribution in [-0.2, 0) is 11.3 Å². The van der Waals surface area contributed by atoms with Gasteiger partial charge in [-0.25, -0.2) is 4.21 Å². The van der Waals surface area contributed by atoms with Gasteiger partial charge in [0.25, 0.3) is 11.8 Å². The van der Waals surface area contributed by atoms with Crippen molar-refractivity contribution in [1.82, 2.24) is 9.21 Å². The molecule has 2 rings (SSSR count). The summed E-state index contributed by atoms with van der Waals surface area (Å²) in [7, 11) is 0. The van der Waals surface area contributed by atoms with E-state index in [1.54, 1.807) is 45.0 Å². The van der Waals surface area contributed by atoms with E-state index in [1.165, 1.54) is 4.31 Å². The third-order valence-corrected chi connectivity index (χ3v) is 4.91. The zero-order chi connectivity index (χ0) is 17.3. The maximum atomic E-state index is 12.4. The minimum atomic E-state index is -2.24. The molecule has 2 N–H and O–H groups in total. The fourth-order valence-corrected chi connectivity index (χ4v) is 3.18. The van der Waals surface area contributed by atoms with E-state index in [1.807, 2.05) is 0 Å². The van der Waals surface area contributed by atoms with Crippen molar-refractivity contribution in [1.29, 1.82) is 0 Å². The van der Waals surface area contributed by atoms with E-state index >= 15 is 0 Å². The molecule has 0 fully saturated rings. The second kappa shape index (κ2) is 6.88. The number of benzene rings is 1. The first-order valence-electron chi connectivity index (χ1n) is 7.28. The standard InChI is InChI=1S/C15H20N2O5S/c1-9(2)16(23(21)22)8-13(18)10(3)17-14(19)11-6-4-5-7-12(11)15(17)20/h4-7,9-10,13,18H,8H2,1-3H3,(H,21,22)/t10-,13-/m0/s1. The quantitative estimate of drug-likeness (QED) is 0.592. The van der Waals surface area contributed by atoms with Crippen molar-refractivity contribution in [3.05, 3.63) is 35.4 Å². The van der Waals surface area contributed by atoms with E-state index < -0.39 is 35.2 Å². The Bertz CT molecular complexity index is 614. The summed E-state index contributed by atoms with van der Waals surface area (Å²) in [6.45, 7) is 4.85. The van der Waals surface area contributed by atoms with Crippen LogP contribution in [0.2, 0.25) is 0 Å². The molecule has 0 aliphatic carbocycles. The minimum absolute atomic E-state index is 0.130. The molecule has 126 valence electrons. The SMILES string of the molecule is CC(C)N(C[C@H](O)[C@H](C)N1C(=O)c2ccccc2C1=O)S(=O)O. The maximum absolute atomic E-state index is 12.4. The normalized spacial score (nSPS) is 18.5. The van der Waals surface area contributed by atoms with Gasteiger partial charge in [-0.2, -0.15) is 4.31 Å². The Labute approximate surface area is 137 Å². The first kappa shape index (κ1) is 17.7. The summed E-state index contributed by atoms with van der Waals surface area (Å²) in [5.41, 5.74) is 0.617. The van der Waals surface area contributed by atoms with Crippen LogP contribution in [-0.4, -0.2) is 59.6 Å².